The van der Waals surface area contributed by atoms with Gasteiger partial charge in [-0.25, -0.2) is 0 Å². The van der Waals surface area contributed by atoms with Gasteiger partial charge in [0.2, 0.25) is 0 Å². The Morgan fingerprint density at radius 1 is 1.05 bits per heavy atom. The SMILES string of the molecule is CC(C)c1ccccc1OCc1[c-]cccc1.[Br-].[Mg+2]. The molecule has 0 aliphatic heterocycles. The topological polar surface area (TPSA) is 9.23 Å². The fourth-order valence-electron chi connectivity index (χ4n) is 1.76. The number of hydrogen-bond donors (Lipinski definition) is 0. The summed E-state index contributed by atoms with van der Waals surface area (Å²) in [5.74, 6) is 1.45. The van der Waals surface area contributed by atoms with Crippen molar-refractivity contribution in [2.45, 2.75) is 26.4 Å². The van der Waals surface area contributed by atoms with Crippen LogP contribution in [-0.4, -0.2) is 23.1 Å². The summed E-state index contributed by atoms with van der Waals surface area (Å²) >= 11 is 0. The third-order valence-electron chi connectivity index (χ3n) is 2.70. The molecule has 0 bridgehead atoms. The molecule has 19 heavy (non-hydrogen) atoms. The van der Waals surface area contributed by atoms with Gasteiger partial charge in [-0.15, -0.1) is 5.56 Å². The van der Waals surface area contributed by atoms with Gasteiger partial charge in [-0.2, -0.15) is 30.3 Å². The predicted octanol–water partition coefficient (Wildman–Crippen LogP) is 0.812. The van der Waals surface area contributed by atoms with E-state index < -0.39 is 0 Å². The summed E-state index contributed by atoms with van der Waals surface area (Å²) in [6.45, 7) is 4.93. The van der Waals surface area contributed by atoms with Crippen LogP contribution >= 0.6 is 0 Å². The molecule has 0 aliphatic carbocycles. The zero-order valence-corrected chi connectivity index (χ0v) is 14.4. The molecule has 0 spiro atoms. The van der Waals surface area contributed by atoms with Crippen molar-refractivity contribution in [2.75, 3.05) is 0 Å². The second-order valence-electron chi connectivity index (χ2n) is 4.37. The Balaban J connectivity index is 0.00000162. The second kappa shape index (κ2) is 9.40. The molecule has 96 valence electrons. The van der Waals surface area contributed by atoms with Gasteiger partial charge in [-0.05, 0) is 17.5 Å². The first-order chi connectivity index (χ1) is 8.27. The van der Waals surface area contributed by atoms with E-state index in [4.69, 9.17) is 4.74 Å². The molecule has 0 aliphatic rings. The molecule has 0 N–H and O–H groups in total. The number of hydrogen-bond acceptors (Lipinski definition) is 1. The van der Waals surface area contributed by atoms with Gasteiger partial charge in [-0.1, -0.05) is 32.0 Å². The Bertz CT molecular complexity index is 471. The monoisotopic (exact) mass is 328 g/mol. The molecule has 0 aromatic heterocycles. The number of halogens is 1. The van der Waals surface area contributed by atoms with Crippen LogP contribution < -0.4 is 21.7 Å². The molecule has 3 heteroatoms. The quantitative estimate of drug-likeness (QED) is 0.596. The summed E-state index contributed by atoms with van der Waals surface area (Å²) in [5.41, 5.74) is 2.33. The van der Waals surface area contributed by atoms with Crippen LogP contribution in [0.4, 0.5) is 0 Å². The molecule has 0 heterocycles. The molecule has 0 fully saturated rings. The molecule has 0 unspecified atom stereocenters. The maximum Gasteiger partial charge on any atom is 2.00 e. The fraction of sp³-hybridized carbons (Fsp3) is 0.250. The summed E-state index contributed by atoms with van der Waals surface area (Å²) in [7, 11) is 0. The maximum atomic E-state index is 5.85. The van der Waals surface area contributed by atoms with Crippen molar-refractivity contribution < 1.29 is 21.7 Å². The van der Waals surface area contributed by atoms with E-state index in [0.29, 0.717) is 12.5 Å². The van der Waals surface area contributed by atoms with Gasteiger partial charge >= 0.3 is 23.1 Å². The van der Waals surface area contributed by atoms with Crippen molar-refractivity contribution >= 4 is 23.1 Å². The number of benzene rings is 2. The summed E-state index contributed by atoms with van der Waals surface area (Å²) in [5, 5.41) is 0. The van der Waals surface area contributed by atoms with E-state index >= 15 is 0 Å². The Labute approximate surface area is 142 Å². The zero-order valence-electron chi connectivity index (χ0n) is 11.4. The molecule has 0 atom stereocenters. The maximum absolute atomic E-state index is 5.85. The van der Waals surface area contributed by atoms with Crippen LogP contribution in [0.1, 0.15) is 30.9 Å². The van der Waals surface area contributed by atoms with Crippen molar-refractivity contribution in [3.8, 4) is 5.75 Å². The molecule has 0 amide bonds. The first kappa shape index (κ1) is 18.5. The Morgan fingerprint density at radius 3 is 2.37 bits per heavy atom. The normalized spacial score (nSPS) is 9.42. The Kier molecular flexibility index (Phi) is 9.15. The Hall–Kier alpha value is -0.514. The van der Waals surface area contributed by atoms with Crippen molar-refractivity contribution in [1.82, 2.24) is 0 Å². The minimum atomic E-state index is 0. The van der Waals surface area contributed by atoms with Crippen LogP contribution in [0.3, 0.4) is 0 Å². The van der Waals surface area contributed by atoms with Gasteiger partial charge in [0.05, 0.1) is 6.61 Å². The molecule has 2 aromatic carbocycles. The smallest absolute Gasteiger partial charge is 1.00 e. The Morgan fingerprint density at radius 2 is 1.74 bits per heavy atom. The van der Waals surface area contributed by atoms with Crippen LogP contribution in [0.2, 0.25) is 0 Å². The van der Waals surface area contributed by atoms with Gasteiger partial charge in [0, 0.05) is 0 Å². The fourth-order valence-corrected chi connectivity index (χ4v) is 1.76. The molecule has 2 aromatic rings. The van der Waals surface area contributed by atoms with Gasteiger partial charge in [-0.3, -0.25) is 0 Å². The average Bonchev–Trinajstić information content (AvgIpc) is 2.38. The molecule has 0 saturated carbocycles. The zero-order chi connectivity index (χ0) is 12.1. The molecular weight excluding hydrogens is 312 g/mol. The van der Waals surface area contributed by atoms with Gasteiger partial charge in [0.15, 0.2) is 0 Å². The average molecular weight is 330 g/mol. The largest absolute Gasteiger partial charge is 2.00 e. The van der Waals surface area contributed by atoms with E-state index in [1.807, 2.05) is 36.4 Å². The third-order valence-corrected chi connectivity index (χ3v) is 2.70. The van der Waals surface area contributed by atoms with Gasteiger partial charge < -0.3 is 21.7 Å². The standard InChI is InChI=1S/C16H17O.BrH.Mg/c1-13(2)15-10-6-7-11-16(15)17-12-14-8-4-3-5-9-14;;/h3-8,10-11,13H,12H2,1-2H3;1H;/q-1;;+2/p-1. The van der Waals surface area contributed by atoms with Gasteiger partial charge in [0.25, 0.3) is 0 Å². The van der Waals surface area contributed by atoms with Crippen molar-refractivity contribution in [3.63, 3.8) is 0 Å². The molecule has 2 rings (SSSR count). The number of rotatable bonds is 4. The van der Waals surface area contributed by atoms with Crippen molar-refractivity contribution in [2.24, 2.45) is 0 Å². The summed E-state index contributed by atoms with van der Waals surface area (Å²) < 4.78 is 5.85. The van der Waals surface area contributed by atoms with Crippen LogP contribution in [0.15, 0.2) is 48.5 Å². The number of ether oxygens (including phenoxy) is 1. The van der Waals surface area contributed by atoms with E-state index in [1.165, 1.54) is 5.56 Å². The van der Waals surface area contributed by atoms with E-state index in [0.717, 1.165) is 11.3 Å². The predicted molar refractivity (Wildman–Crippen MR) is 75.9 cm³/mol. The molecule has 1 nitrogen and oxygen atoms in total. The molecule has 0 radical (unpaired) electrons. The first-order valence-corrected chi connectivity index (χ1v) is 5.94. The first-order valence-electron chi connectivity index (χ1n) is 5.94. The van der Waals surface area contributed by atoms with Crippen molar-refractivity contribution in [3.05, 3.63) is 65.7 Å². The van der Waals surface area contributed by atoms with E-state index in [9.17, 15) is 0 Å². The second-order valence-corrected chi connectivity index (χ2v) is 4.37. The van der Waals surface area contributed by atoms with E-state index in [2.05, 4.69) is 32.0 Å². The number of para-hydroxylation sites is 1. The van der Waals surface area contributed by atoms with Crippen LogP contribution in [0, 0.1) is 6.07 Å². The molecule has 0 saturated heterocycles. The summed E-state index contributed by atoms with van der Waals surface area (Å²) in [4.78, 5) is 0. The minimum Gasteiger partial charge on any atom is -1.00 e. The van der Waals surface area contributed by atoms with Gasteiger partial charge in [0.1, 0.15) is 5.75 Å². The van der Waals surface area contributed by atoms with Crippen LogP contribution in [0.25, 0.3) is 0 Å². The van der Waals surface area contributed by atoms with Crippen molar-refractivity contribution in [1.29, 1.82) is 0 Å². The molecular formula is C16H17BrMgO. The summed E-state index contributed by atoms with van der Waals surface area (Å²) in [6.07, 6.45) is 0. The van der Waals surface area contributed by atoms with E-state index in [1.54, 1.807) is 0 Å². The minimum absolute atomic E-state index is 0. The van der Waals surface area contributed by atoms with E-state index in [-0.39, 0.29) is 40.0 Å². The van der Waals surface area contributed by atoms with Crippen LogP contribution in [0.5, 0.6) is 5.75 Å². The third kappa shape index (κ3) is 5.55. The summed E-state index contributed by atoms with van der Waals surface area (Å²) in [6, 6.07) is 19.3. The van der Waals surface area contributed by atoms with Crippen LogP contribution in [-0.2, 0) is 6.61 Å².